The van der Waals surface area contributed by atoms with Crippen molar-refractivity contribution >= 4 is 33.1 Å². The van der Waals surface area contributed by atoms with Crippen molar-refractivity contribution < 1.29 is 19.1 Å². The quantitative estimate of drug-likeness (QED) is 0.349. The van der Waals surface area contributed by atoms with Gasteiger partial charge in [-0.25, -0.2) is 9.97 Å². The maximum atomic E-state index is 11.7. The van der Waals surface area contributed by atoms with Gasteiger partial charge in [-0.3, -0.25) is 15.0 Å². The van der Waals surface area contributed by atoms with Crippen LogP contribution in [0.2, 0.25) is 0 Å². The van der Waals surface area contributed by atoms with Gasteiger partial charge in [0.15, 0.2) is 11.5 Å². The predicted molar refractivity (Wildman–Crippen MR) is 134 cm³/mol. The van der Waals surface area contributed by atoms with E-state index in [4.69, 9.17) is 24.2 Å². The molecule has 1 aliphatic heterocycles. The lowest BCUT2D eigenvalue weighted by Crippen LogP contribution is -2.36. The van der Waals surface area contributed by atoms with Crippen LogP contribution in [0.4, 0.5) is 11.5 Å². The van der Waals surface area contributed by atoms with Gasteiger partial charge in [-0.15, -0.1) is 11.3 Å². The number of hydrogen-bond donors (Lipinski definition) is 1. The minimum atomic E-state index is -0.383. The fourth-order valence-corrected chi connectivity index (χ4v) is 6.07. The van der Waals surface area contributed by atoms with Gasteiger partial charge in [0, 0.05) is 30.1 Å². The predicted octanol–water partition coefficient (Wildman–Crippen LogP) is 3.59. The van der Waals surface area contributed by atoms with Crippen LogP contribution in [0.25, 0.3) is 10.2 Å². The van der Waals surface area contributed by atoms with Gasteiger partial charge in [-0.05, 0) is 37.3 Å². The van der Waals surface area contributed by atoms with Crippen molar-refractivity contribution in [2.24, 2.45) is 0 Å². The highest BCUT2D eigenvalue weighted by Gasteiger charge is 2.24. The average Bonchev–Trinajstić information content (AvgIpc) is 3.45. The van der Waals surface area contributed by atoms with E-state index in [2.05, 4.69) is 10.2 Å². The van der Waals surface area contributed by atoms with Crippen molar-refractivity contribution in [3.05, 3.63) is 44.1 Å². The third kappa shape index (κ3) is 4.89. The van der Waals surface area contributed by atoms with Gasteiger partial charge >= 0.3 is 0 Å². The molecule has 0 saturated carbocycles. The first-order chi connectivity index (χ1) is 17.1. The Kier molecular flexibility index (Phi) is 6.98. The van der Waals surface area contributed by atoms with E-state index < -0.39 is 0 Å². The molecule has 2 aliphatic rings. The molecular weight excluding hydrogens is 470 g/mol. The molecule has 0 spiro atoms. The number of ether oxygens (including phenoxy) is 3. The highest BCUT2D eigenvalue weighted by molar-refractivity contribution is 7.19. The number of thiophene rings is 1. The Bertz CT molecular complexity index is 1240. The largest absolute Gasteiger partial charge is 0.493 e. The zero-order valence-electron chi connectivity index (χ0n) is 20.0. The molecule has 186 valence electrons. The van der Waals surface area contributed by atoms with E-state index in [1.54, 1.807) is 17.4 Å². The summed E-state index contributed by atoms with van der Waals surface area (Å²) >= 11 is 1.77. The molecule has 10 nitrogen and oxygen atoms in total. The average molecular weight is 500 g/mol. The van der Waals surface area contributed by atoms with Crippen LogP contribution < -0.4 is 14.8 Å². The third-order valence-corrected chi connectivity index (χ3v) is 7.73. The lowest BCUT2D eigenvalue weighted by molar-refractivity contribution is -0.385. The SMILES string of the molecule is COc1cc(CCNc2nc(CN3CCOCC3)nc3sc4c(c23)CCC4)c([N+](=O)[O-])cc1OC. The van der Waals surface area contributed by atoms with E-state index in [1.165, 1.54) is 30.7 Å². The first-order valence-corrected chi connectivity index (χ1v) is 12.6. The van der Waals surface area contributed by atoms with E-state index in [0.29, 0.717) is 36.6 Å². The molecule has 5 rings (SSSR count). The summed E-state index contributed by atoms with van der Waals surface area (Å²) in [5, 5.41) is 16.3. The summed E-state index contributed by atoms with van der Waals surface area (Å²) in [7, 11) is 2.99. The molecule has 3 aromatic rings. The molecule has 0 bridgehead atoms. The van der Waals surface area contributed by atoms with E-state index in [1.807, 2.05) is 0 Å². The van der Waals surface area contributed by atoms with Crippen LogP contribution >= 0.6 is 11.3 Å². The molecule has 1 aromatic carbocycles. The number of hydrogen-bond acceptors (Lipinski definition) is 10. The summed E-state index contributed by atoms with van der Waals surface area (Å²) in [5.74, 6) is 2.43. The summed E-state index contributed by atoms with van der Waals surface area (Å²) in [5.41, 5.74) is 1.94. The molecule has 1 fully saturated rings. The molecule has 2 aromatic heterocycles. The molecule has 35 heavy (non-hydrogen) atoms. The summed E-state index contributed by atoms with van der Waals surface area (Å²) in [6.07, 6.45) is 3.72. The first-order valence-electron chi connectivity index (χ1n) is 11.8. The van der Waals surface area contributed by atoms with Crippen molar-refractivity contribution in [1.29, 1.82) is 0 Å². The van der Waals surface area contributed by atoms with Crippen molar-refractivity contribution in [1.82, 2.24) is 14.9 Å². The number of nitrogens with zero attached hydrogens (tertiary/aromatic N) is 4. The number of nitrogens with one attached hydrogen (secondary N) is 1. The fraction of sp³-hybridized carbons (Fsp3) is 0.500. The molecule has 11 heteroatoms. The number of methoxy groups -OCH3 is 2. The van der Waals surface area contributed by atoms with Crippen LogP contribution in [-0.4, -0.2) is 66.9 Å². The minimum Gasteiger partial charge on any atom is -0.493 e. The number of rotatable bonds is 9. The second-order valence-corrected chi connectivity index (χ2v) is 9.77. The van der Waals surface area contributed by atoms with Gasteiger partial charge in [0.1, 0.15) is 16.5 Å². The fourth-order valence-electron chi connectivity index (χ4n) is 4.79. The molecule has 0 unspecified atom stereocenters. The highest BCUT2D eigenvalue weighted by atomic mass is 32.1. The number of morpholine rings is 1. The van der Waals surface area contributed by atoms with Gasteiger partial charge < -0.3 is 19.5 Å². The first kappa shape index (κ1) is 23.7. The van der Waals surface area contributed by atoms with Crippen molar-refractivity contribution in [2.45, 2.75) is 32.2 Å². The topological polar surface area (TPSA) is 112 Å². The number of aromatic nitrogens is 2. The van der Waals surface area contributed by atoms with E-state index >= 15 is 0 Å². The van der Waals surface area contributed by atoms with E-state index in [0.717, 1.165) is 67.4 Å². The third-order valence-electron chi connectivity index (χ3n) is 6.55. The maximum Gasteiger partial charge on any atom is 0.276 e. The van der Waals surface area contributed by atoms with Crippen LogP contribution in [0, 0.1) is 10.1 Å². The summed E-state index contributed by atoms with van der Waals surface area (Å²) in [6.45, 7) is 4.36. The number of anilines is 1. The number of fused-ring (bicyclic) bond motifs is 3. The number of nitro groups is 1. The van der Waals surface area contributed by atoms with Crippen LogP contribution in [0.5, 0.6) is 11.5 Å². The Morgan fingerprint density at radius 2 is 1.94 bits per heavy atom. The van der Waals surface area contributed by atoms with Gasteiger partial charge in [-0.2, -0.15) is 0 Å². The molecular formula is C24H29N5O5S. The monoisotopic (exact) mass is 499 g/mol. The zero-order chi connectivity index (χ0) is 24.4. The number of aryl methyl sites for hydroxylation is 2. The molecule has 1 saturated heterocycles. The van der Waals surface area contributed by atoms with E-state index in [-0.39, 0.29) is 10.6 Å². The van der Waals surface area contributed by atoms with Crippen molar-refractivity contribution in [3.8, 4) is 11.5 Å². The molecule has 0 atom stereocenters. The minimum absolute atomic E-state index is 0.0155. The Morgan fingerprint density at radius 1 is 1.17 bits per heavy atom. The normalized spacial score (nSPS) is 15.8. The van der Waals surface area contributed by atoms with Gasteiger partial charge in [0.2, 0.25) is 0 Å². The maximum absolute atomic E-state index is 11.7. The molecule has 0 radical (unpaired) electrons. The second kappa shape index (κ2) is 10.3. The summed E-state index contributed by atoms with van der Waals surface area (Å²) < 4.78 is 16.1. The number of benzene rings is 1. The Labute approximate surface area is 207 Å². The van der Waals surface area contributed by atoms with Crippen LogP contribution in [-0.2, 0) is 30.5 Å². The standard InChI is InChI=1S/C24H29N5O5S/c1-32-18-12-15(17(29(30)31)13-19(18)33-2)6-7-25-23-22-16-4-3-5-20(16)35-24(22)27-21(26-23)14-28-8-10-34-11-9-28/h12-13H,3-11,14H2,1-2H3,(H,25,26,27). The molecule has 1 aliphatic carbocycles. The summed E-state index contributed by atoms with van der Waals surface area (Å²) in [6, 6.07) is 3.10. The molecule has 1 N–H and O–H groups in total. The van der Waals surface area contributed by atoms with E-state index in [9.17, 15) is 10.1 Å². The highest BCUT2D eigenvalue weighted by Crippen LogP contribution is 2.40. The van der Waals surface area contributed by atoms with Crippen molar-refractivity contribution in [2.75, 3.05) is 52.4 Å². The summed E-state index contributed by atoms with van der Waals surface area (Å²) in [4.78, 5) is 25.8. The van der Waals surface area contributed by atoms with Gasteiger partial charge in [0.05, 0.1) is 50.4 Å². The number of nitro benzene ring substituents is 1. The van der Waals surface area contributed by atoms with Crippen LogP contribution in [0.3, 0.4) is 0 Å². The Morgan fingerprint density at radius 3 is 2.69 bits per heavy atom. The van der Waals surface area contributed by atoms with Crippen molar-refractivity contribution in [3.63, 3.8) is 0 Å². The Balaban J connectivity index is 1.41. The van der Waals surface area contributed by atoms with Crippen LogP contribution in [0.1, 0.15) is 28.2 Å². The van der Waals surface area contributed by atoms with Crippen LogP contribution in [0.15, 0.2) is 12.1 Å². The lowest BCUT2D eigenvalue weighted by atomic mass is 10.1. The van der Waals surface area contributed by atoms with Gasteiger partial charge in [-0.1, -0.05) is 0 Å². The zero-order valence-corrected chi connectivity index (χ0v) is 20.8. The smallest absolute Gasteiger partial charge is 0.276 e. The molecule has 0 amide bonds. The Hall–Kier alpha value is -3.02. The lowest BCUT2D eigenvalue weighted by Gasteiger charge is -2.25. The second-order valence-electron chi connectivity index (χ2n) is 8.68. The molecule has 3 heterocycles. The van der Waals surface area contributed by atoms with Gasteiger partial charge in [0.25, 0.3) is 5.69 Å².